The minimum atomic E-state index is 0.0812. The molecule has 1 aliphatic carbocycles. The van der Waals surface area contributed by atoms with Gasteiger partial charge in [-0.1, -0.05) is 35.7 Å². The summed E-state index contributed by atoms with van der Waals surface area (Å²) in [6.07, 6.45) is 3.12. The lowest BCUT2D eigenvalue weighted by Gasteiger charge is -2.27. The third-order valence-corrected chi connectivity index (χ3v) is 5.07. The van der Waals surface area contributed by atoms with E-state index in [2.05, 4.69) is 0 Å². The molecule has 5 heteroatoms. The minimum absolute atomic E-state index is 0.0812. The average molecular weight is 329 g/mol. The van der Waals surface area contributed by atoms with Gasteiger partial charge in [0.15, 0.2) is 0 Å². The average Bonchev–Trinajstić information content (AvgIpc) is 2.96. The Bertz CT molecular complexity index is 507. The van der Waals surface area contributed by atoms with Crippen molar-refractivity contribution >= 4 is 29.1 Å². The molecule has 1 aliphatic rings. The van der Waals surface area contributed by atoms with Gasteiger partial charge in [-0.3, -0.25) is 4.79 Å². The zero-order valence-electron chi connectivity index (χ0n) is 12.3. The summed E-state index contributed by atoms with van der Waals surface area (Å²) in [4.78, 5) is 14.6. The highest BCUT2D eigenvalue weighted by Gasteiger charge is 2.34. The zero-order valence-corrected chi connectivity index (χ0v) is 13.8. The van der Waals surface area contributed by atoms with Crippen LogP contribution in [0.1, 0.15) is 31.7 Å². The number of rotatable bonds is 5. The van der Waals surface area contributed by atoms with E-state index in [0.717, 1.165) is 24.8 Å². The Balaban J connectivity index is 2.08. The van der Waals surface area contributed by atoms with E-state index in [1.807, 2.05) is 24.0 Å². The van der Waals surface area contributed by atoms with E-state index in [4.69, 9.17) is 28.9 Å². The van der Waals surface area contributed by atoms with Crippen LogP contribution in [-0.2, 0) is 11.3 Å². The third-order valence-electron chi connectivity index (χ3n) is 4.33. The Morgan fingerprint density at radius 3 is 2.71 bits per heavy atom. The van der Waals surface area contributed by atoms with Crippen LogP contribution in [0.4, 0.5) is 0 Å². The van der Waals surface area contributed by atoms with Crippen molar-refractivity contribution in [2.45, 2.75) is 32.7 Å². The van der Waals surface area contributed by atoms with E-state index in [1.54, 1.807) is 6.07 Å². The number of hydrogen-bond donors (Lipinski definition) is 1. The maximum absolute atomic E-state index is 12.7. The Kier molecular flexibility index (Phi) is 5.91. The van der Waals surface area contributed by atoms with Crippen LogP contribution in [-0.4, -0.2) is 23.9 Å². The molecule has 1 fully saturated rings. The molecule has 0 radical (unpaired) electrons. The summed E-state index contributed by atoms with van der Waals surface area (Å²) in [5.74, 6) is 0.634. The summed E-state index contributed by atoms with van der Waals surface area (Å²) in [5.41, 5.74) is 6.79. The SMILES string of the molecule is CCN(Cc1ccc(Cl)c(Cl)c1)C(=O)[C@@H]1CCC[C@@H]1CN. The van der Waals surface area contributed by atoms with Gasteiger partial charge in [-0.25, -0.2) is 0 Å². The number of nitrogens with two attached hydrogens (primary N) is 1. The van der Waals surface area contributed by atoms with Gasteiger partial charge < -0.3 is 10.6 Å². The quantitative estimate of drug-likeness (QED) is 0.895. The minimum Gasteiger partial charge on any atom is -0.338 e. The lowest BCUT2D eigenvalue weighted by atomic mass is 9.94. The molecule has 0 aromatic heterocycles. The molecule has 0 unspecified atom stereocenters. The fourth-order valence-corrected chi connectivity index (χ4v) is 3.40. The first-order chi connectivity index (χ1) is 10.1. The van der Waals surface area contributed by atoms with Crippen molar-refractivity contribution in [2.75, 3.05) is 13.1 Å². The van der Waals surface area contributed by atoms with Crippen LogP contribution in [0.15, 0.2) is 18.2 Å². The predicted octanol–water partition coefficient (Wildman–Crippen LogP) is 3.72. The molecule has 2 atom stereocenters. The Morgan fingerprint density at radius 2 is 2.10 bits per heavy atom. The summed E-state index contributed by atoms with van der Waals surface area (Å²) in [5, 5.41) is 1.06. The first-order valence-electron chi connectivity index (χ1n) is 7.49. The largest absolute Gasteiger partial charge is 0.338 e. The second kappa shape index (κ2) is 7.48. The molecule has 0 saturated heterocycles. The fraction of sp³-hybridized carbons (Fsp3) is 0.562. The molecule has 2 N–H and O–H groups in total. The Morgan fingerprint density at radius 1 is 1.33 bits per heavy atom. The van der Waals surface area contributed by atoms with Crippen LogP contribution in [0.2, 0.25) is 10.0 Å². The topological polar surface area (TPSA) is 46.3 Å². The number of halogens is 2. The van der Waals surface area contributed by atoms with E-state index >= 15 is 0 Å². The van der Waals surface area contributed by atoms with Crippen molar-refractivity contribution in [3.05, 3.63) is 33.8 Å². The van der Waals surface area contributed by atoms with Crippen LogP contribution < -0.4 is 5.73 Å². The van der Waals surface area contributed by atoms with Gasteiger partial charge in [0.05, 0.1) is 10.0 Å². The molecule has 1 aromatic rings. The van der Waals surface area contributed by atoms with Crippen molar-refractivity contribution in [1.82, 2.24) is 4.90 Å². The summed E-state index contributed by atoms with van der Waals surface area (Å²) < 4.78 is 0. The maximum atomic E-state index is 12.7. The van der Waals surface area contributed by atoms with Gasteiger partial charge in [0.1, 0.15) is 0 Å². The van der Waals surface area contributed by atoms with E-state index in [1.165, 1.54) is 0 Å². The first-order valence-corrected chi connectivity index (χ1v) is 8.25. The van der Waals surface area contributed by atoms with Crippen LogP contribution in [0.25, 0.3) is 0 Å². The molecular formula is C16H22Cl2N2O. The molecule has 1 aromatic carbocycles. The highest BCUT2D eigenvalue weighted by Crippen LogP contribution is 2.33. The van der Waals surface area contributed by atoms with Crippen molar-refractivity contribution in [3.63, 3.8) is 0 Å². The molecule has 0 bridgehead atoms. The number of amides is 1. The summed E-state index contributed by atoms with van der Waals surface area (Å²) in [6.45, 7) is 3.86. The smallest absolute Gasteiger partial charge is 0.226 e. The van der Waals surface area contributed by atoms with Gasteiger partial charge in [0, 0.05) is 19.0 Å². The van der Waals surface area contributed by atoms with E-state index < -0.39 is 0 Å². The highest BCUT2D eigenvalue weighted by molar-refractivity contribution is 6.42. The van der Waals surface area contributed by atoms with Crippen molar-refractivity contribution in [3.8, 4) is 0 Å². The maximum Gasteiger partial charge on any atom is 0.226 e. The van der Waals surface area contributed by atoms with Gasteiger partial charge >= 0.3 is 0 Å². The van der Waals surface area contributed by atoms with Gasteiger partial charge in [0.25, 0.3) is 0 Å². The van der Waals surface area contributed by atoms with Crippen molar-refractivity contribution in [1.29, 1.82) is 0 Å². The molecule has 0 aliphatic heterocycles. The van der Waals surface area contributed by atoms with Crippen molar-refractivity contribution in [2.24, 2.45) is 17.6 Å². The molecule has 1 saturated carbocycles. The van der Waals surface area contributed by atoms with E-state index in [9.17, 15) is 4.79 Å². The fourth-order valence-electron chi connectivity index (χ4n) is 3.08. The lowest BCUT2D eigenvalue weighted by Crippen LogP contribution is -2.38. The first kappa shape index (κ1) is 16.6. The molecule has 1 amide bonds. The molecule has 2 rings (SSSR count). The molecule has 0 heterocycles. The summed E-state index contributed by atoms with van der Waals surface area (Å²) in [7, 11) is 0. The van der Waals surface area contributed by atoms with Crippen LogP contribution in [0.5, 0.6) is 0 Å². The summed E-state index contributed by atoms with van der Waals surface area (Å²) >= 11 is 12.0. The lowest BCUT2D eigenvalue weighted by molar-refractivity contribution is -0.137. The van der Waals surface area contributed by atoms with Gasteiger partial charge in [0.2, 0.25) is 5.91 Å². The number of nitrogens with zero attached hydrogens (tertiary/aromatic N) is 1. The normalized spacial score (nSPS) is 21.5. The van der Waals surface area contributed by atoms with Gasteiger partial charge in [-0.05, 0) is 49.9 Å². The molecule has 21 heavy (non-hydrogen) atoms. The highest BCUT2D eigenvalue weighted by atomic mass is 35.5. The number of hydrogen-bond acceptors (Lipinski definition) is 2. The Labute approximate surface area is 136 Å². The number of carbonyl (C=O) groups is 1. The molecule has 0 spiro atoms. The second-order valence-corrected chi connectivity index (χ2v) is 6.45. The zero-order chi connectivity index (χ0) is 15.4. The van der Waals surface area contributed by atoms with E-state index in [-0.39, 0.29) is 11.8 Å². The van der Waals surface area contributed by atoms with Crippen molar-refractivity contribution < 1.29 is 4.79 Å². The molecular weight excluding hydrogens is 307 g/mol. The van der Waals surface area contributed by atoms with Gasteiger partial charge in [-0.2, -0.15) is 0 Å². The third kappa shape index (κ3) is 3.91. The molecule has 3 nitrogen and oxygen atoms in total. The summed E-state index contributed by atoms with van der Waals surface area (Å²) in [6, 6.07) is 5.52. The van der Waals surface area contributed by atoms with Crippen LogP contribution in [0, 0.1) is 11.8 Å². The van der Waals surface area contributed by atoms with E-state index in [0.29, 0.717) is 35.6 Å². The molecule has 116 valence electrons. The number of benzene rings is 1. The van der Waals surface area contributed by atoms with Crippen LogP contribution in [0.3, 0.4) is 0 Å². The van der Waals surface area contributed by atoms with Crippen LogP contribution >= 0.6 is 23.2 Å². The predicted molar refractivity (Wildman–Crippen MR) is 87.4 cm³/mol. The Hall–Kier alpha value is -0.770. The standard InChI is InChI=1S/C16H22Cl2N2O/c1-2-20(10-11-6-7-14(17)15(18)8-11)16(21)13-5-3-4-12(13)9-19/h6-8,12-13H,2-5,9-10,19H2,1H3/t12-,13-/m1/s1. The second-order valence-electron chi connectivity index (χ2n) is 5.63. The van der Waals surface area contributed by atoms with Gasteiger partial charge in [-0.15, -0.1) is 0 Å². The number of carbonyl (C=O) groups excluding carboxylic acids is 1. The monoisotopic (exact) mass is 328 g/mol.